The lowest BCUT2D eigenvalue weighted by molar-refractivity contribution is -0.147. The van der Waals surface area contributed by atoms with E-state index in [4.69, 9.17) is 10.5 Å². The molecule has 2 aliphatic heterocycles. The fourth-order valence-electron chi connectivity index (χ4n) is 3.28. The van der Waals surface area contributed by atoms with Crippen molar-refractivity contribution in [3.8, 4) is 0 Å². The van der Waals surface area contributed by atoms with Crippen molar-refractivity contribution in [2.24, 2.45) is 17.6 Å². The van der Waals surface area contributed by atoms with Crippen LogP contribution in [0.25, 0.3) is 0 Å². The van der Waals surface area contributed by atoms with Crippen molar-refractivity contribution in [2.75, 3.05) is 5.32 Å². The summed E-state index contributed by atoms with van der Waals surface area (Å²) in [5, 5.41) is 15.6. The highest BCUT2D eigenvalue weighted by Crippen LogP contribution is 2.44. The number of carbonyl (C=O) groups excluding carboxylic acids is 3. The average Bonchev–Trinajstić information content (AvgIpc) is 3.20. The quantitative estimate of drug-likeness (QED) is 0.615. The number of nitrogens with one attached hydrogen (secondary N) is 2. The Bertz CT molecular complexity index is 717. The van der Waals surface area contributed by atoms with E-state index in [0.717, 1.165) is 11.3 Å². The minimum absolute atomic E-state index is 0.0862. The van der Waals surface area contributed by atoms with Gasteiger partial charge in [-0.25, -0.2) is 4.79 Å². The first-order valence-electron chi connectivity index (χ1n) is 7.26. The smallest absolute Gasteiger partial charge is 0.319 e. The summed E-state index contributed by atoms with van der Waals surface area (Å²) in [5.74, 6) is -4.02. The molecule has 3 rings (SSSR count). The van der Waals surface area contributed by atoms with E-state index in [-0.39, 0.29) is 10.6 Å². The Balaban J connectivity index is 1.76. The number of hydrogen-bond acceptors (Lipinski definition) is 6. The van der Waals surface area contributed by atoms with Gasteiger partial charge in [0.1, 0.15) is 5.00 Å². The normalized spacial score (nSPS) is 27.7. The molecule has 9 nitrogen and oxygen atoms in total. The second-order valence-corrected chi connectivity index (χ2v) is 6.57. The van der Waals surface area contributed by atoms with Gasteiger partial charge in [0.05, 0.1) is 29.6 Å². The highest BCUT2D eigenvalue weighted by molar-refractivity contribution is 7.14. The standard InChI is InChI=1S/C14H15N3O6S/c15-14(22)17-10(18)5-3-4-24-12(5)16-11(19)8-6-1-2-7(23-6)9(8)13(20)21/h3-4,6-9H,1-2H2,(H,16,19)(H,20,21)(H3,15,17,18,22)/t6-,7+,8+,9+/m1/s1. The monoisotopic (exact) mass is 353 g/mol. The van der Waals surface area contributed by atoms with Gasteiger partial charge in [0.2, 0.25) is 5.91 Å². The molecular weight excluding hydrogens is 338 g/mol. The molecule has 4 atom stereocenters. The van der Waals surface area contributed by atoms with Crippen LogP contribution in [0.1, 0.15) is 23.2 Å². The van der Waals surface area contributed by atoms with Crippen LogP contribution < -0.4 is 16.4 Å². The minimum atomic E-state index is -1.07. The van der Waals surface area contributed by atoms with Crippen LogP contribution in [0.2, 0.25) is 0 Å². The fourth-order valence-corrected chi connectivity index (χ4v) is 4.07. The van der Waals surface area contributed by atoms with Gasteiger partial charge in [-0.1, -0.05) is 0 Å². The molecule has 0 spiro atoms. The van der Waals surface area contributed by atoms with Crippen molar-refractivity contribution < 1.29 is 29.0 Å². The molecule has 2 aliphatic rings. The maximum absolute atomic E-state index is 12.5. The number of carboxylic acids is 1. The number of aliphatic carboxylic acids is 1. The number of carbonyl (C=O) groups is 4. The number of urea groups is 1. The number of ether oxygens (including phenoxy) is 1. The van der Waals surface area contributed by atoms with E-state index >= 15 is 0 Å². The SMILES string of the molecule is NC(=O)NC(=O)c1ccsc1NC(=O)[C@@H]1[C@@H](C(=O)O)[C@@H]2CC[C@H]1O2. The molecule has 0 aromatic carbocycles. The summed E-state index contributed by atoms with van der Waals surface area (Å²) in [6.07, 6.45) is 0.367. The van der Waals surface area contributed by atoms with E-state index in [1.165, 1.54) is 6.07 Å². The van der Waals surface area contributed by atoms with Crippen LogP contribution >= 0.6 is 11.3 Å². The van der Waals surface area contributed by atoms with Crippen LogP contribution in [-0.2, 0) is 14.3 Å². The van der Waals surface area contributed by atoms with Crippen molar-refractivity contribution in [1.29, 1.82) is 0 Å². The molecule has 2 fully saturated rings. The van der Waals surface area contributed by atoms with Crippen LogP contribution in [0, 0.1) is 11.8 Å². The van der Waals surface area contributed by atoms with E-state index in [1.54, 1.807) is 5.38 Å². The first-order valence-corrected chi connectivity index (χ1v) is 8.14. The fraction of sp³-hybridized carbons (Fsp3) is 0.429. The number of anilines is 1. The molecule has 2 bridgehead atoms. The Hall–Kier alpha value is -2.46. The topological polar surface area (TPSA) is 148 Å². The van der Waals surface area contributed by atoms with Crippen LogP contribution in [0.3, 0.4) is 0 Å². The van der Waals surface area contributed by atoms with Gasteiger partial charge in [-0.15, -0.1) is 11.3 Å². The molecule has 0 unspecified atom stereocenters. The van der Waals surface area contributed by atoms with Crippen molar-refractivity contribution in [2.45, 2.75) is 25.0 Å². The van der Waals surface area contributed by atoms with Gasteiger partial charge >= 0.3 is 12.0 Å². The van der Waals surface area contributed by atoms with Crippen LogP contribution in [0.4, 0.5) is 9.80 Å². The first kappa shape index (κ1) is 16.4. The molecule has 10 heteroatoms. The maximum atomic E-state index is 12.5. The molecule has 0 saturated carbocycles. The van der Waals surface area contributed by atoms with Crippen LogP contribution in [-0.4, -0.2) is 41.1 Å². The zero-order valence-electron chi connectivity index (χ0n) is 12.4. The van der Waals surface area contributed by atoms with E-state index < -0.39 is 47.9 Å². The second kappa shape index (κ2) is 6.21. The molecule has 0 radical (unpaired) electrons. The van der Waals surface area contributed by atoms with E-state index in [1.807, 2.05) is 5.32 Å². The number of rotatable bonds is 4. The summed E-state index contributed by atoms with van der Waals surface area (Å²) < 4.78 is 5.55. The average molecular weight is 353 g/mol. The number of fused-ring (bicyclic) bond motifs is 2. The molecule has 128 valence electrons. The van der Waals surface area contributed by atoms with Gasteiger partial charge < -0.3 is 20.9 Å². The van der Waals surface area contributed by atoms with E-state index in [2.05, 4.69) is 5.32 Å². The van der Waals surface area contributed by atoms with Gasteiger partial charge in [-0.05, 0) is 24.3 Å². The van der Waals surface area contributed by atoms with Crippen molar-refractivity contribution in [3.63, 3.8) is 0 Å². The van der Waals surface area contributed by atoms with Crippen LogP contribution in [0.15, 0.2) is 11.4 Å². The number of hydrogen-bond donors (Lipinski definition) is 4. The number of primary amides is 1. The molecule has 0 aliphatic carbocycles. The first-order chi connectivity index (χ1) is 11.4. The summed E-state index contributed by atoms with van der Waals surface area (Å²) in [4.78, 5) is 46.6. The maximum Gasteiger partial charge on any atom is 0.319 e. The van der Waals surface area contributed by atoms with E-state index in [9.17, 15) is 24.3 Å². The van der Waals surface area contributed by atoms with Gasteiger partial charge in [0, 0.05) is 0 Å². The molecule has 1 aromatic rings. The molecule has 24 heavy (non-hydrogen) atoms. The number of thiophene rings is 1. The molecule has 5 N–H and O–H groups in total. The van der Waals surface area contributed by atoms with Crippen molar-refractivity contribution >= 4 is 40.2 Å². The Morgan fingerprint density at radius 2 is 1.88 bits per heavy atom. The lowest BCUT2D eigenvalue weighted by atomic mass is 9.79. The number of imide groups is 1. The van der Waals surface area contributed by atoms with E-state index in [0.29, 0.717) is 12.8 Å². The molecular formula is C14H15N3O6S. The lowest BCUT2D eigenvalue weighted by Crippen LogP contribution is -2.41. The molecule has 2 saturated heterocycles. The van der Waals surface area contributed by atoms with Gasteiger partial charge in [0.15, 0.2) is 0 Å². The van der Waals surface area contributed by atoms with Crippen LogP contribution in [0.5, 0.6) is 0 Å². The largest absolute Gasteiger partial charge is 0.481 e. The second-order valence-electron chi connectivity index (χ2n) is 5.65. The summed E-state index contributed by atoms with van der Waals surface area (Å²) in [6.45, 7) is 0. The zero-order chi connectivity index (χ0) is 17.4. The lowest BCUT2D eigenvalue weighted by Gasteiger charge is -2.23. The predicted molar refractivity (Wildman–Crippen MR) is 82.5 cm³/mol. The Morgan fingerprint density at radius 3 is 2.50 bits per heavy atom. The third-order valence-corrected chi connectivity index (χ3v) is 5.07. The number of nitrogens with two attached hydrogens (primary N) is 1. The molecule has 1 aromatic heterocycles. The molecule has 3 heterocycles. The Kier molecular flexibility index (Phi) is 4.24. The predicted octanol–water partition coefficient (Wildman–Crippen LogP) is 0.373. The summed E-state index contributed by atoms with van der Waals surface area (Å²) in [5.41, 5.74) is 4.99. The number of amides is 4. The van der Waals surface area contributed by atoms with Crippen molar-refractivity contribution in [3.05, 3.63) is 17.0 Å². The highest BCUT2D eigenvalue weighted by Gasteiger charge is 2.55. The Labute approximate surface area is 140 Å². The van der Waals surface area contributed by atoms with Crippen molar-refractivity contribution in [1.82, 2.24) is 5.32 Å². The van der Waals surface area contributed by atoms with Gasteiger partial charge in [0.25, 0.3) is 5.91 Å². The number of carboxylic acid groups (broad SMARTS) is 1. The Morgan fingerprint density at radius 1 is 1.21 bits per heavy atom. The summed E-state index contributed by atoms with van der Waals surface area (Å²) in [6, 6.07) is 0.431. The minimum Gasteiger partial charge on any atom is -0.481 e. The summed E-state index contributed by atoms with van der Waals surface area (Å²) in [7, 11) is 0. The zero-order valence-corrected chi connectivity index (χ0v) is 13.2. The highest BCUT2D eigenvalue weighted by atomic mass is 32.1. The summed E-state index contributed by atoms with van der Waals surface area (Å²) >= 11 is 1.09. The third kappa shape index (κ3) is 2.85. The van der Waals surface area contributed by atoms with Gasteiger partial charge in [-0.3, -0.25) is 19.7 Å². The molecule has 4 amide bonds. The third-order valence-electron chi connectivity index (χ3n) is 4.24. The van der Waals surface area contributed by atoms with Gasteiger partial charge in [-0.2, -0.15) is 0 Å².